The van der Waals surface area contributed by atoms with Gasteiger partial charge in [-0.3, -0.25) is 9.36 Å². The lowest BCUT2D eigenvalue weighted by atomic mass is 10.2. The van der Waals surface area contributed by atoms with Gasteiger partial charge in [-0.1, -0.05) is 29.8 Å². The summed E-state index contributed by atoms with van der Waals surface area (Å²) in [4.78, 5) is 26.3. The van der Waals surface area contributed by atoms with Crippen LogP contribution in [0, 0.1) is 0 Å². The Labute approximate surface area is 170 Å². The van der Waals surface area contributed by atoms with Gasteiger partial charge in [0.15, 0.2) is 0 Å². The fraction of sp³-hybridized carbons (Fsp3) is 0.143. The maximum absolute atomic E-state index is 13.3. The minimum absolute atomic E-state index is 0.281. The summed E-state index contributed by atoms with van der Waals surface area (Å²) in [6.45, 7) is 2.73. The quantitative estimate of drug-likeness (QED) is 0.490. The zero-order valence-corrected chi connectivity index (χ0v) is 16.7. The molecule has 0 aliphatic rings. The van der Waals surface area contributed by atoms with Gasteiger partial charge in [0, 0.05) is 5.02 Å². The number of ether oxygens (including phenoxy) is 1. The van der Waals surface area contributed by atoms with Gasteiger partial charge in [-0.05, 0) is 54.3 Å². The van der Waals surface area contributed by atoms with Gasteiger partial charge in [0.25, 0.3) is 5.56 Å². The standard InChI is InChI=1S/C21H17ClN2O3S/c1-2-27-16-9-7-15(8-10-16)24-20(25)19-18(11-12-28-19)23(21(24)26)13-14-5-3-4-6-17(14)22/h3-12H,2,13H2,1H3. The van der Waals surface area contributed by atoms with Crippen LogP contribution in [-0.4, -0.2) is 15.7 Å². The van der Waals surface area contributed by atoms with Crippen molar-refractivity contribution in [1.29, 1.82) is 0 Å². The molecule has 0 aliphatic carbocycles. The highest BCUT2D eigenvalue weighted by atomic mass is 35.5. The van der Waals surface area contributed by atoms with Crippen LogP contribution < -0.4 is 16.0 Å². The average molecular weight is 413 g/mol. The Morgan fingerprint density at radius 1 is 1.04 bits per heavy atom. The van der Waals surface area contributed by atoms with E-state index in [-0.39, 0.29) is 12.1 Å². The first kappa shape index (κ1) is 18.5. The van der Waals surface area contributed by atoms with Crippen LogP contribution in [0.4, 0.5) is 0 Å². The first-order valence-corrected chi connectivity index (χ1v) is 10.1. The summed E-state index contributed by atoms with van der Waals surface area (Å²) >= 11 is 7.61. The fourth-order valence-electron chi connectivity index (χ4n) is 3.12. The number of nitrogens with zero attached hydrogens (tertiary/aromatic N) is 2. The van der Waals surface area contributed by atoms with E-state index in [1.165, 1.54) is 15.9 Å². The van der Waals surface area contributed by atoms with Crippen molar-refractivity contribution in [2.24, 2.45) is 0 Å². The van der Waals surface area contributed by atoms with Gasteiger partial charge < -0.3 is 4.74 Å². The summed E-state index contributed by atoms with van der Waals surface area (Å²) in [6.07, 6.45) is 0. The van der Waals surface area contributed by atoms with Crippen LogP contribution in [0.2, 0.25) is 5.02 Å². The van der Waals surface area contributed by atoms with Crippen LogP contribution in [0.5, 0.6) is 5.75 Å². The van der Waals surface area contributed by atoms with E-state index in [1.807, 2.05) is 30.5 Å². The molecule has 7 heteroatoms. The topological polar surface area (TPSA) is 53.2 Å². The first-order chi connectivity index (χ1) is 13.6. The lowest BCUT2D eigenvalue weighted by Crippen LogP contribution is -2.38. The van der Waals surface area contributed by atoms with Crippen molar-refractivity contribution in [2.45, 2.75) is 13.5 Å². The molecule has 28 heavy (non-hydrogen) atoms. The van der Waals surface area contributed by atoms with Crippen molar-refractivity contribution >= 4 is 33.2 Å². The van der Waals surface area contributed by atoms with Gasteiger partial charge >= 0.3 is 5.69 Å². The Balaban J connectivity index is 1.92. The average Bonchev–Trinajstić information content (AvgIpc) is 3.18. The molecule has 5 nitrogen and oxygen atoms in total. The molecule has 2 heterocycles. The van der Waals surface area contributed by atoms with Crippen molar-refractivity contribution in [3.05, 3.63) is 91.4 Å². The highest BCUT2D eigenvalue weighted by Gasteiger charge is 2.16. The van der Waals surface area contributed by atoms with Crippen LogP contribution in [0.15, 0.2) is 69.6 Å². The number of benzene rings is 2. The normalized spacial score (nSPS) is 11.1. The zero-order valence-electron chi connectivity index (χ0n) is 15.1. The Morgan fingerprint density at radius 2 is 1.79 bits per heavy atom. The second-order valence-corrected chi connectivity index (χ2v) is 7.49. The van der Waals surface area contributed by atoms with Crippen LogP contribution in [0.1, 0.15) is 12.5 Å². The van der Waals surface area contributed by atoms with Gasteiger partial charge in [-0.15, -0.1) is 11.3 Å². The molecule has 0 N–H and O–H groups in total. The highest BCUT2D eigenvalue weighted by molar-refractivity contribution is 7.17. The lowest BCUT2D eigenvalue weighted by molar-refractivity contribution is 0.340. The van der Waals surface area contributed by atoms with E-state index < -0.39 is 5.69 Å². The monoisotopic (exact) mass is 412 g/mol. The molecule has 0 saturated heterocycles. The Morgan fingerprint density at radius 3 is 2.50 bits per heavy atom. The van der Waals surface area contributed by atoms with E-state index in [4.69, 9.17) is 16.3 Å². The third-order valence-electron chi connectivity index (χ3n) is 4.45. The smallest absolute Gasteiger partial charge is 0.336 e. The van der Waals surface area contributed by atoms with Gasteiger partial charge in [-0.25, -0.2) is 9.36 Å². The largest absolute Gasteiger partial charge is 0.494 e. The second-order valence-electron chi connectivity index (χ2n) is 6.16. The molecule has 4 rings (SSSR count). The predicted molar refractivity (Wildman–Crippen MR) is 113 cm³/mol. The van der Waals surface area contributed by atoms with Crippen LogP contribution >= 0.6 is 22.9 Å². The molecular weight excluding hydrogens is 396 g/mol. The lowest BCUT2D eigenvalue weighted by Gasteiger charge is -2.13. The molecule has 0 radical (unpaired) electrons. The number of fused-ring (bicyclic) bond motifs is 1. The van der Waals surface area contributed by atoms with E-state index in [2.05, 4.69) is 0 Å². The molecule has 142 valence electrons. The van der Waals surface area contributed by atoms with E-state index in [0.29, 0.717) is 33.3 Å². The summed E-state index contributed by atoms with van der Waals surface area (Å²) in [5.41, 5.74) is 1.20. The van der Waals surface area contributed by atoms with Crippen molar-refractivity contribution in [3.63, 3.8) is 0 Å². The van der Waals surface area contributed by atoms with Gasteiger partial charge in [0.2, 0.25) is 0 Å². The maximum atomic E-state index is 13.3. The maximum Gasteiger partial charge on any atom is 0.336 e. The van der Waals surface area contributed by atoms with Crippen LogP contribution in [-0.2, 0) is 6.54 Å². The molecule has 2 aromatic carbocycles. The molecular formula is C21H17ClN2O3S. The SMILES string of the molecule is CCOc1ccc(-n2c(=O)c3sccc3n(Cc3ccccc3Cl)c2=O)cc1. The summed E-state index contributed by atoms with van der Waals surface area (Å²) in [5.74, 6) is 0.688. The minimum atomic E-state index is -0.403. The van der Waals surface area contributed by atoms with Crippen molar-refractivity contribution in [1.82, 2.24) is 9.13 Å². The van der Waals surface area contributed by atoms with Gasteiger partial charge in [0.1, 0.15) is 10.4 Å². The molecule has 0 bridgehead atoms. The fourth-order valence-corrected chi connectivity index (χ4v) is 4.14. The summed E-state index contributed by atoms with van der Waals surface area (Å²) in [7, 11) is 0. The molecule has 0 fully saturated rings. The van der Waals surface area contributed by atoms with Crippen LogP contribution in [0.3, 0.4) is 0 Å². The third-order valence-corrected chi connectivity index (χ3v) is 5.71. The van der Waals surface area contributed by atoms with E-state index in [0.717, 1.165) is 5.56 Å². The molecule has 2 aromatic heterocycles. The third kappa shape index (κ3) is 3.25. The molecule has 0 aliphatic heterocycles. The Hall–Kier alpha value is -2.83. The molecule has 0 unspecified atom stereocenters. The summed E-state index contributed by atoms with van der Waals surface area (Å²) in [6, 6.07) is 16.1. The predicted octanol–water partition coefficient (Wildman–Crippen LogP) is 4.31. The summed E-state index contributed by atoms with van der Waals surface area (Å²) in [5, 5.41) is 2.40. The van der Waals surface area contributed by atoms with Gasteiger partial charge in [0.05, 0.1) is 24.4 Å². The molecule has 0 atom stereocenters. The van der Waals surface area contributed by atoms with E-state index in [1.54, 1.807) is 41.0 Å². The summed E-state index contributed by atoms with van der Waals surface area (Å²) < 4.78 is 8.76. The van der Waals surface area contributed by atoms with Gasteiger partial charge in [-0.2, -0.15) is 0 Å². The number of thiophene rings is 1. The minimum Gasteiger partial charge on any atom is -0.494 e. The number of halogens is 1. The Kier molecular flexibility index (Phi) is 5.07. The second kappa shape index (κ2) is 7.66. The van der Waals surface area contributed by atoms with Crippen molar-refractivity contribution in [2.75, 3.05) is 6.61 Å². The van der Waals surface area contributed by atoms with E-state index in [9.17, 15) is 9.59 Å². The number of aromatic nitrogens is 2. The van der Waals surface area contributed by atoms with Crippen LogP contribution in [0.25, 0.3) is 15.9 Å². The molecule has 4 aromatic rings. The van der Waals surface area contributed by atoms with Crippen molar-refractivity contribution < 1.29 is 4.74 Å². The number of hydrogen-bond acceptors (Lipinski definition) is 4. The number of hydrogen-bond donors (Lipinski definition) is 0. The highest BCUT2D eigenvalue weighted by Crippen LogP contribution is 2.21. The number of rotatable bonds is 5. The molecule has 0 amide bonds. The molecule has 0 spiro atoms. The van der Waals surface area contributed by atoms with Crippen molar-refractivity contribution in [3.8, 4) is 11.4 Å². The Bertz CT molecular complexity index is 1260. The molecule has 0 saturated carbocycles. The van der Waals surface area contributed by atoms with E-state index >= 15 is 0 Å². The zero-order chi connectivity index (χ0) is 19.7. The first-order valence-electron chi connectivity index (χ1n) is 8.80.